The maximum atomic E-state index is 11.3. The molecule has 0 radical (unpaired) electrons. The maximum Gasteiger partial charge on any atom is 0.221 e. The molecule has 2 nitrogen and oxygen atoms in total. The molecule has 1 aliphatic rings. The quantitative estimate of drug-likeness (QED) is 0.513. The van der Waals surface area contributed by atoms with E-state index in [1.165, 1.54) is 0 Å². The van der Waals surface area contributed by atoms with Crippen LogP contribution in [0.2, 0.25) is 0 Å². The minimum atomic E-state index is 0.110. The first kappa shape index (κ1) is 9.85. The second kappa shape index (κ2) is 5.42. The van der Waals surface area contributed by atoms with Gasteiger partial charge in [-0.25, -0.2) is 0 Å². The Hall–Kier alpha value is -1.23. The zero-order valence-corrected chi connectivity index (χ0v) is 7.97. The Morgan fingerprint density at radius 2 is 2.54 bits per heavy atom. The number of hydrogen-bond donors (Lipinski definition) is 1. The predicted octanol–water partition coefficient (Wildman–Crippen LogP) is 1.48. The summed E-state index contributed by atoms with van der Waals surface area (Å²) >= 11 is 0. The maximum absolute atomic E-state index is 11.3. The van der Waals surface area contributed by atoms with E-state index in [0.29, 0.717) is 18.9 Å². The van der Waals surface area contributed by atoms with Gasteiger partial charge in [-0.15, -0.1) is 5.92 Å². The summed E-state index contributed by atoms with van der Waals surface area (Å²) in [5.41, 5.74) is 0. The third-order valence-electron chi connectivity index (χ3n) is 2.11. The Morgan fingerprint density at radius 3 is 3.15 bits per heavy atom. The Balaban J connectivity index is 2.15. The van der Waals surface area contributed by atoms with E-state index in [9.17, 15) is 4.79 Å². The first-order valence-corrected chi connectivity index (χ1v) is 4.66. The molecule has 1 N–H and O–H groups in total. The summed E-state index contributed by atoms with van der Waals surface area (Å²) in [7, 11) is 0. The Kier molecular flexibility index (Phi) is 4.11. The van der Waals surface area contributed by atoms with Crippen LogP contribution in [0.15, 0.2) is 12.2 Å². The lowest BCUT2D eigenvalue weighted by Crippen LogP contribution is -2.25. The molecule has 1 rings (SSSR count). The van der Waals surface area contributed by atoms with Crippen molar-refractivity contribution in [3.63, 3.8) is 0 Å². The average Bonchev–Trinajstić information content (AvgIpc) is 2.57. The molecular formula is C11H15NO. The normalized spacial score (nSPS) is 19.3. The van der Waals surface area contributed by atoms with Gasteiger partial charge < -0.3 is 5.32 Å². The fourth-order valence-corrected chi connectivity index (χ4v) is 1.41. The van der Waals surface area contributed by atoms with Gasteiger partial charge >= 0.3 is 0 Å². The molecule has 1 amide bonds. The fraction of sp³-hybridized carbons (Fsp3) is 0.545. The standard InChI is InChI=1S/C11H15NO/c1-2-3-8-12-11(13)9-10-6-4-5-7-10/h4,6,10H,5,7-9H2,1H3,(H,12,13). The second-order valence-electron chi connectivity index (χ2n) is 3.17. The van der Waals surface area contributed by atoms with Crippen LogP contribution in [0.3, 0.4) is 0 Å². The van der Waals surface area contributed by atoms with Crippen LogP contribution >= 0.6 is 0 Å². The molecule has 0 aliphatic heterocycles. The van der Waals surface area contributed by atoms with Crippen LogP contribution in [0.5, 0.6) is 0 Å². The van der Waals surface area contributed by atoms with Gasteiger partial charge in [-0.2, -0.15) is 0 Å². The van der Waals surface area contributed by atoms with Crippen molar-refractivity contribution in [3.05, 3.63) is 12.2 Å². The highest BCUT2D eigenvalue weighted by atomic mass is 16.1. The fourth-order valence-electron chi connectivity index (χ4n) is 1.41. The van der Waals surface area contributed by atoms with Crippen molar-refractivity contribution in [3.8, 4) is 11.8 Å². The number of nitrogens with one attached hydrogen (secondary N) is 1. The van der Waals surface area contributed by atoms with E-state index in [1.54, 1.807) is 6.92 Å². The van der Waals surface area contributed by atoms with Gasteiger partial charge in [0.15, 0.2) is 0 Å². The molecule has 0 saturated heterocycles. The van der Waals surface area contributed by atoms with Gasteiger partial charge in [0.05, 0.1) is 6.54 Å². The van der Waals surface area contributed by atoms with Crippen LogP contribution in [0.4, 0.5) is 0 Å². The van der Waals surface area contributed by atoms with Crippen molar-refractivity contribution in [1.29, 1.82) is 0 Å². The molecule has 0 aromatic rings. The molecule has 13 heavy (non-hydrogen) atoms. The SMILES string of the molecule is CC#CCNC(=O)CC1C=CCC1. The highest BCUT2D eigenvalue weighted by Gasteiger charge is 2.12. The Bertz CT molecular complexity index is 257. The van der Waals surface area contributed by atoms with Crippen molar-refractivity contribution in [2.75, 3.05) is 6.54 Å². The molecule has 1 aliphatic carbocycles. The number of allylic oxidation sites excluding steroid dienone is 2. The van der Waals surface area contributed by atoms with Gasteiger partial charge in [-0.05, 0) is 25.7 Å². The summed E-state index contributed by atoms with van der Waals surface area (Å²) in [4.78, 5) is 11.3. The van der Waals surface area contributed by atoms with Crippen molar-refractivity contribution in [2.45, 2.75) is 26.2 Å². The van der Waals surface area contributed by atoms with Gasteiger partial charge in [-0.3, -0.25) is 4.79 Å². The number of amides is 1. The number of carbonyl (C=O) groups is 1. The lowest BCUT2D eigenvalue weighted by molar-refractivity contribution is -0.121. The van der Waals surface area contributed by atoms with Crippen molar-refractivity contribution < 1.29 is 4.79 Å². The van der Waals surface area contributed by atoms with Crippen molar-refractivity contribution in [1.82, 2.24) is 5.32 Å². The predicted molar refractivity (Wildman–Crippen MR) is 52.9 cm³/mol. The van der Waals surface area contributed by atoms with Crippen LogP contribution in [0.25, 0.3) is 0 Å². The lowest BCUT2D eigenvalue weighted by Gasteiger charge is -2.05. The first-order valence-electron chi connectivity index (χ1n) is 4.66. The highest BCUT2D eigenvalue weighted by molar-refractivity contribution is 5.76. The summed E-state index contributed by atoms with van der Waals surface area (Å²) in [6, 6.07) is 0. The van der Waals surface area contributed by atoms with E-state index in [0.717, 1.165) is 12.8 Å². The van der Waals surface area contributed by atoms with Gasteiger partial charge in [0.1, 0.15) is 0 Å². The molecule has 0 heterocycles. The molecular weight excluding hydrogens is 162 g/mol. The van der Waals surface area contributed by atoms with Gasteiger partial charge in [0.25, 0.3) is 0 Å². The van der Waals surface area contributed by atoms with E-state index in [4.69, 9.17) is 0 Å². The first-order chi connectivity index (χ1) is 6.33. The zero-order valence-electron chi connectivity index (χ0n) is 7.97. The zero-order chi connectivity index (χ0) is 9.52. The molecule has 2 heteroatoms. The molecule has 0 aromatic carbocycles. The Labute approximate surface area is 79.4 Å². The van der Waals surface area contributed by atoms with Crippen LogP contribution in [0, 0.1) is 17.8 Å². The average molecular weight is 177 g/mol. The molecule has 0 aromatic heterocycles. The van der Waals surface area contributed by atoms with E-state index in [1.807, 2.05) is 0 Å². The molecule has 0 bridgehead atoms. The second-order valence-corrected chi connectivity index (χ2v) is 3.17. The molecule has 1 unspecified atom stereocenters. The van der Waals surface area contributed by atoms with Gasteiger partial charge in [0, 0.05) is 6.42 Å². The van der Waals surface area contributed by atoms with Gasteiger partial charge in [0.2, 0.25) is 5.91 Å². The number of hydrogen-bond acceptors (Lipinski definition) is 1. The van der Waals surface area contributed by atoms with Crippen LogP contribution < -0.4 is 5.32 Å². The third-order valence-corrected chi connectivity index (χ3v) is 2.11. The molecule has 0 saturated carbocycles. The van der Waals surface area contributed by atoms with E-state index in [-0.39, 0.29) is 5.91 Å². The van der Waals surface area contributed by atoms with Crippen molar-refractivity contribution in [2.24, 2.45) is 5.92 Å². The van der Waals surface area contributed by atoms with Crippen LogP contribution in [-0.2, 0) is 4.79 Å². The monoisotopic (exact) mass is 177 g/mol. The van der Waals surface area contributed by atoms with E-state index in [2.05, 4.69) is 29.3 Å². The van der Waals surface area contributed by atoms with Gasteiger partial charge in [-0.1, -0.05) is 18.1 Å². The van der Waals surface area contributed by atoms with Crippen molar-refractivity contribution >= 4 is 5.91 Å². The largest absolute Gasteiger partial charge is 0.345 e. The van der Waals surface area contributed by atoms with Crippen LogP contribution in [-0.4, -0.2) is 12.5 Å². The van der Waals surface area contributed by atoms with E-state index >= 15 is 0 Å². The Morgan fingerprint density at radius 1 is 1.69 bits per heavy atom. The van der Waals surface area contributed by atoms with Crippen LogP contribution in [0.1, 0.15) is 26.2 Å². The summed E-state index contributed by atoms with van der Waals surface area (Å²) < 4.78 is 0. The smallest absolute Gasteiger partial charge is 0.221 e. The molecule has 0 fully saturated rings. The third kappa shape index (κ3) is 3.80. The topological polar surface area (TPSA) is 29.1 Å². The minimum Gasteiger partial charge on any atom is -0.345 e. The summed E-state index contributed by atoms with van der Waals surface area (Å²) in [6.07, 6.45) is 7.12. The number of carbonyl (C=O) groups excluding carboxylic acids is 1. The molecule has 0 spiro atoms. The summed E-state index contributed by atoms with van der Waals surface area (Å²) in [5, 5.41) is 2.76. The summed E-state index contributed by atoms with van der Waals surface area (Å²) in [6.45, 7) is 2.25. The molecule has 70 valence electrons. The highest BCUT2D eigenvalue weighted by Crippen LogP contribution is 2.19. The summed E-state index contributed by atoms with van der Waals surface area (Å²) in [5.74, 6) is 6.11. The van der Waals surface area contributed by atoms with E-state index < -0.39 is 0 Å². The minimum absolute atomic E-state index is 0.110. The number of rotatable bonds is 3. The lowest BCUT2D eigenvalue weighted by atomic mass is 10.1. The molecule has 1 atom stereocenters.